The summed E-state index contributed by atoms with van der Waals surface area (Å²) < 4.78 is 27.2. The van der Waals surface area contributed by atoms with Crippen molar-refractivity contribution >= 4 is 47.4 Å². The second-order valence-corrected chi connectivity index (χ2v) is 7.59. The van der Waals surface area contributed by atoms with Gasteiger partial charge in [0.15, 0.2) is 0 Å². The standard InChI is InChI=1S/C22H22Cl2F2N4O2/c23-17-7-5-9-19(25)15(17)13-27-29-21(31)11-3-1-2-4-12-22(32)30-28-14-16-18(24)8-6-10-20(16)26/h5-10,13-14H,1-4,11-12H2,(H,29,31)(H,30,32)/b27-13+,28-14+. The van der Waals surface area contributed by atoms with E-state index in [1.807, 2.05) is 0 Å². The van der Waals surface area contributed by atoms with Crippen LogP contribution in [0.3, 0.4) is 0 Å². The molecule has 0 fully saturated rings. The highest BCUT2D eigenvalue weighted by Gasteiger charge is 2.06. The van der Waals surface area contributed by atoms with Crippen LogP contribution in [0, 0.1) is 11.6 Å². The third kappa shape index (κ3) is 8.72. The van der Waals surface area contributed by atoms with Crippen molar-refractivity contribution in [2.75, 3.05) is 0 Å². The molecule has 0 saturated carbocycles. The molecule has 0 aliphatic heterocycles. The topological polar surface area (TPSA) is 82.9 Å². The number of unbranched alkanes of at least 4 members (excludes halogenated alkanes) is 3. The highest BCUT2D eigenvalue weighted by Crippen LogP contribution is 2.17. The summed E-state index contributed by atoms with van der Waals surface area (Å²) in [6.07, 6.45) is 5.56. The van der Waals surface area contributed by atoms with E-state index < -0.39 is 11.6 Å². The van der Waals surface area contributed by atoms with Crippen molar-refractivity contribution in [3.05, 3.63) is 69.2 Å². The average Bonchev–Trinajstić information content (AvgIpc) is 2.75. The van der Waals surface area contributed by atoms with E-state index in [1.54, 1.807) is 0 Å². The van der Waals surface area contributed by atoms with Crippen molar-refractivity contribution in [2.24, 2.45) is 10.2 Å². The Kier molecular flexibility index (Phi) is 10.8. The molecule has 10 heteroatoms. The first-order valence-corrected chi connectivity index (χ1v) is 10.7. The Morgan fingerprint density at radius 1 is 0.750 bits per heavy atom. The van der Waals surface area contributed by atoms with Crippen LogP contribution in [-0.4, -0.2) is 24.2 Å². The third-order valence-corrected chi connectivity index (χ3v) is 4.98. The summed E-state index contributed by atoms with van der Waals surface area (Å²) in [5, 5.41) is 7.84. The first-order valence-electron chi connectivity index (χ1n) is 9.90. The lowest BCUT2D eigenvalue weighted by Gasteiger charge is -2.03. The van der Waals surface area contributed by atoms with Crippen LogP contribution in [0.4, 0.5) is 8.78 Å². The van der Waals surface area contributed by atoms with Crippen molar-refractivity contribution in [2.45, 2.75) is 38.5 Å². The predicted octanol–water partition coefficient (Wildman–Crippen LogP) is 5.21. The first-order chi connectivity index (χ1) is 15.4. The lowest BCUT2D eigenvalue weighted by atomic mass is 10.1. The van der Waals surface area contributed by atoms with Crippen LogP contribution >= 0.6 is 23.2 Å². The molecule has 0 aliphatic rings. The molecular formula is C22H22Cl2F2N4O2. The van der Waals surface area contributed by atoms with Crippen LogP contribution in [0.25, 0.3) is 0 Å². The Morgan fingerprint density at radius 3 is 1.53 bits per heavy atom. The monoisotopic (exact) mass is 482 g/mol. The molecule has 2 rings (SSSR count). The molecule has 170 valence electrons. The molecule has 0 saturated heterocycles. The Morgan fingerprint density at radius 2 is 1.16 bits per heavy atom. The summed E-state index contributed by atoms with van der Waals surface area (Å²) >= 11 is 11.7. The zero-order valence-corrected chi connectivity index (χ0v) is 18.6. The molecule has 0 heterocycles. The second kappa shape index (κ2) is 13.5. The molecule has 2 amide bonds. The number of rotatable bonds is 11. The van der Waals surface area contributed by atoms with Gasteiger partial charge in [-0.3, -0.25) is 9.59 Å². The van der Waals surface area contributed by atoms with E-state index in [2.05, 4.69) is 21.1 Å². The molecule has 0 atom stereocenters. The van der Waals surface area contributed by atoms with E-state index in [1.165, 1.54) is 36.4 Å². The highest BCUT2D eigenvalue weighted by molar-refractivity contribution is 6.33. The van der Waals surface area contributed by atoms with Gasteiger partial charge in [-0.15, -0.1) is 0 Å². The number of benzene rings is 2. The van der Waals surface area contributed by atoms with Crippen LogP contribution in [0.15, 0.2) is 46.6 Å². The molecule has 2 aromatic rings. The van der Waals surface area contributed by atoms with Crippen LogP contribution in [0.5, 0.6) is 0 Å². The molecular weight excluding hydrogens is 461 g/mol. The zero-order chi connectivity index (χ0) is 23.3. The maximum atomic E-state index is 13.6. The van der Waals surface area contributed by atoms with Gasteiger partial charge in [-0.2, -0.15) is 10.2 Å². The summed E-state index contributed by atoms with van der Waals surface area (Å²) in [5.41, 5.74) is 4.87. The summed E-state index contributed by atoms with van der Waals surface area (Å²) in [5.74, 6) is -1.65. The molecule has 0 radical (unpaired) electrons. The van der Waals surface area contributed by atoms with Gasteiger partial charge >= 0.3 is 0 Å². The molecule has 2 N–H and O–H groups in total. The smallest absolute Gasteiger partial charge is 0.240 e. The summed E-state index contributed by atoms with van der Waals surface area (Å²) in [7, 11) is 0. The fraction of sp³-hybridized carbons (Fsp3) is 0.273. The van der Waals surface area contributed by atoms with Crippen molar-refractivity contribution < 1.29 is 18.4 Å². The lowest BCUT2D eigenvalue weighted by Crippen LogP contribution is -2.17. The van der Waals surface area contributed by atoms with Crippen molar-refractivity contribution in [3.63, 3.8) is 0 Å². The molecule has 0 bridgehead atoms. The van der Waals surface area contributed by atoms with E-state index in [0.717, 1.165) is 25.3 Å². The normalized spacial score (nSPS) is 11.2. The Hall–Kier alpha value is -2.84. The van der Waals surface area contributed by atoms with Gasteiger partial charge in [0.25, 0.3) is 0 Å². The Balaban J connectivity index is 1.57. The number of carbonyl (C=O) groups is 2. The predicted molar refractivity (Wildman–Crippen MR) is 122 cm³/mol. The summed E-state index contributed by atoms with van der Waals surface area (Å²) in [4.78, 5) is 23.5. The van der Waals surface area contributed by atoms with E-state index in [4.69, 9.17) is 23.2 Å². The SMILES string of the molecule is O=C(CCCCCCC(=O)N/N=C/c1c(F)cccc1Cl)N/N=C/c1c(F)cccc1Cl. The number of hydrogen-bond acceptors (Lipinski definition) is 4. The van der Waals surface area contributed by atoms with Gasteiger partial charge in [-0.25, -0.2) is 19.6 Å². The van der Waals surface area contributed by atoms with E-state index >= 15 is 0 Å². The van der Waals surface area contributed by atoms with Gasteiger partial charge in [0.1, 0.15) is 11.6 Å². The molecule has 0 aliphatic carbocycles. The maximum absolute atomic E-state index is 13.6. The van der Waals surface area contributed by atoms with Crippen LogP contribution in [0.2, 0.25) is 10.0 Å². The number of halogens is 4. The lowest BCUT2D eigenvalue weighted by molar-refractivity contribution is -0.122. The van der Waals surface area contributed by atoms with E-state index in [9.17, 15) is 18.4 Å². The number of carbonyl (C=O) groups excluding carboxylic acids is 2. The zero-order valence-electron chi connectivity index (χ0n) is 17.1. The van der Waals surface area contributed by atoms with Gasteiger partial charge in [-0.05, 0) is 37.1 Å². The first kappa shape index (κ1) is 25.4. The highest BCUT2D eigenvalue weighted by atomic mass is 35.5. The van der Waals surface area contributed by atoms with Gasteiger partial charge in [0, 0.05) is 24.0 Å². The summed E-state index contributed by atoms with van der Waals surface area (Å²) in [6.45, 7) is 0. The van der Waals surface area contributed by atoms with Crippen LogP contribution < -0.4 is 10.9 Å². The fourth-order valence-electron chi connectivity index (χ4n) is 2.64. The largest absolute Gasteiger partial charge is 0.273 e. The number of hydrazone groups is 2. The number of nitrogens with zero attached hydrogens (tertiary/aromatic N) is 2. The molecule has 32 heavy (non-hydrogen) atoms. The van der Waals surface area contributed by atoms with Gasteiger partial charge in [0.2, 0.25) is 11.8 Å². The van der Waals surface area contributed by atoms with Crippen molar-refractivity contribution in [1.82, 2.24) is 10.9 Å². The quantitative estimate of drug-likeness (QED) is 0.261. The molecule has 2 aromatic carbocycles. The minimum absolute atomic E-state index is 0.106. The Bertz CT molecular complexity index is 880. The molecule has 0 aromatic heterocycles. The number of nitrogens with one attached hydrogen (secondary N) is 2. The molecule has 6 nitrogen and oxygen atoms in total. The molecule has 0 unspecified atom stereocenters. The van der Waals surface area contributed by atoms with Gasteiger partial charge < -0.3 is 0 Å². The Labute approximate surface area is 194 Å². The summed E-state index contributed by atoms with van der Waals surface area (Å²) in [6, 6.07) is 8.51. The van der Waals surface area contributed by atoms with Crippen molar-refractivity contribution in [3.8, 4) is 0 Å². The fourth-order valence-corrected chi connectivity index (χ4v) is 3.07. The van der Waals surface area contributed by atoms with Crippen LogP contribution in [-0.2, 0) is 9.59 Å². The van der Waals surface area contributed by atoms with Gasteiger partial charge in [-0.1, -0.05) is 48.2 Å². The number of amides is 2. The van der Waals surface area contributed by atoms with Gasteiger partial charge in [0.05, 0.1) is 22.5 Å². The number of hydrogen-bond donors (Lipinski definition) is 2. The van der Waals surface area contributed by atoms with E-state index in [-0.39, 0.29) is 45.8 Å². The van der Waals surface area contributed by atoms with E-state index in [0.29, 0.717) is 12.8 Å². The average molecular weight is 483 g/mol. The van der Waals surface area contributed by atoms with Crippen molar-refractivity contribution in [1.29, 1.82) is 0 Å². The van der Waals surface area contributed by atoms with Crippen LogP contribution in [0.1, 0.15) is 49.7 Å². The second-order valence-electron chi connectivity index (χ2n) is 6.77. The molecule has 0 spiro atoms. The third-order valence-electron chi connectivity index (χ3n) is 4.32. The minimum atomic E-state index is -0.527. The maximum Gasteiger partial charge on any atom is 0.240 e. The minimum Gasteiger partial charge on any atom is -0.273 e.